The molecule has 2 aromatic rings. The summed E-state index contributed by atoms with van der Waals surface area (Å²) in [6.07, 6.45) is 3.19. The fourth-order valence-corrected chi connectivity index (χ4v) is 2.31. The van der Waals surface area contributed by atoms with Crippen LogP contribution in [0.2, 0.25) is 0 Å². The lowest BCUT2D eigenvalue weighted by Crippen LogP contribution is -2.50. The Morgan fingerprint density at radius 3 is 2.86 bits per heavy atom. The molecule has 1 unspecified atom stereocenters. The molecule has 0 fully saturated rings. The average Bonchev–Trinajstić information content (AvgIpc) is 2.80. The number of aryl methyl sites for hydroxylation is 1. The van der Waals surface area contributed by atoms with Crippen molar-refractivity contribution in [3.05, 3.63) is 35.8 Å². The lowest BCUT2D eigenvalue weighted by atomic mass is 9.99. The van der Waals surface area contributed by atoms with Gasteiger partial charge in [0, 0.05) is 19.5 Å². The van der Waals surface area contributed by atoms with E-state index < -0.39 is 17.4 Å². The number of fused-ring (bicyclic) bond motifs is 1. The number of methoxy groups -OCH3 is 1. The first-order valence-corrected chi connectivity index (χ1v) is 6.81. The maximum atomic E-state index is 12.3. The van der Waals surface area contributed by atoms with Crippen LogP contribution >= 0.6 is 0 Å². The summed E-state index contributed by atoms with van der Waals surface area (Å²) in [4.78, 5) is 27.6. The van der Waals surface area contributed by atoms with Gasteiger partial charge < -0.3 is 19.6 Å². The molecule has 0 spiro atoms. The fraction of sp³-hybridized carbons (Fsp3) is 0.400. The topological polar surface area (TPSA) is 92.9 Å². The lowest BCUT2D eigenvalue weighted by molar-refractivity contribution is -0.139. The number of carboxylic acids is 1. The molecule has 2 aromatic heterocycles. The highest BCUT2D eigenvalue weighted by Crippen LogP contribution is 2.13. The number of carbonyl (C=O) groups is 2. The van der Waals surface area contributed by atoms with Gasteiger partial charge in [-0.1, -0.05) is 0 Å². The number of hydrogen-bond donors (Lipinski definition) is 2. The van der Waals surface area contributed by atoms with Gasteiger partial charge in [0.2, 0.25) is 0 Å². The molecule has 7 nitrogen and oxygen atoms in total. The quantitative estimate of drug-likeness (QED) is 0.838. The van der Waals surface area contributed by atoms with Crippen molar-refractivity contribution in [2.45, 2.75) is 25.8 Å². The maximum Gasteiger partial charge on any atom is 0.305 e. The Labute approximate surface area is 127 Å². The summed E-state index contributed by atoms with van der Waals surface area (Å²) in [7, 11) is 1.46. The van der Waals surface area contributed by atoms with E-state index in [0.29, 0.717) is 5.65 Å². The van der Waals surface area contributed by atoms with E-state index in [1.807, 2.05) is 25.3 Å². The number of aromatic nitrogens is 2. The standard InChI is InChI=1S/C15H19N3O4/c1-10-4-5-18-8-11(16-12(18)6-10)14(21)17-15(2,9-22-3)7-13(19)20/h4-6,8H,7,9H2,1-3H3,(H,17,21)(H,19,20). The van der Waals surface area contributed by atoms with Gasteiger partial charge in [-0.15, -0.1) is 0 Å². The zero-order valence-corrected chi connectivity index (χ0v) is 12.8. The van der Waals surface area contributed by atoms with Crippen LogP contribution in [0.3, 0.4) is 0 Å². The molecular weight excluding hydrogens is 286 g/mol. The van der Waals surface area contributed by atoms with Gasteiger partial charge in [-0.2, -0.15) is 0 Å². The summed E-state index contributed by atoms with van der Waals surface area (Å²) < 4.78 is 6.76. The van der Waals surface area contributed by atoms with Crippen molar-refractivity contribution >= 4 is 17.5 Å². The second-order valence-corrected chi connectivity index (χ2v) is 5.61. The largest absolute Gasteiger partial charge is 0.481 e. The smallest absolute Gasteiger partial charge is 0.305 e. The summed E-state index contributed by atoms with van der Waals surface area (Å²) >= 11 is 0. The summed E-state index contributed by atoms with van der Waals surface area (Å²) in [5.41, 5.74) is 0.943. The number of pyridine rings is 1. The number of amides is 1. The summed E-state index contributed by atoms with van der Waals surface area (Å²) in [6, 6.07) is 3.78. The zero-order valence-electron chi connectivity index (χ0n) is 12.8. The number of hydrogen-bond acceptors (Lipinski definition) is 4. The summed E-state index contributed by atoms with van der Waals surface area (Å²) in [6.45, 7) is 3.66. The first-order valence-electron chi connectivity index (χ1n) is 6.81. The van der Waals surface area contributed by atoms with Crippen molar-refractivity contribution in [2.75, 3.05) is 13.7 Å². The molecule has 0 radical (unpaired) electrons. The predicted octanol–water partition coefficient (Wildman–Crippen LogP) is 1.25. The Morgan fingerprint density at radius 1 is 1.50 bits per heavy atom. The van der Waals surface area contributed by atoms with E-state index in [9.17, 15) is 9.59 Å². The number of carboxylic acid groups (broad SMARTS) is 1. The second-order valence-electron chi connectivity index (χ2n) is 5.61. The Kier molecular flexibility index (Phi) is 4.46. The van der Waals surface area contributed by atoms with Crippen molar-refractivity contribution in [3.8, 4) is 0 Å². The monoisotopic (exact) mass is 305 g/mol. The number of carbonyl (C=O) groups excluding carboxylic acids is 1. The van der Waals surface area contributed by atoms with Gasteiger partial charge in [-0.3, -0.25) is 9.59 Å². The van der Waals surface area contributed by atoms with Crippen molar-refractivity contribution in [3.63, 3.8) is 0 Å². The molecule has 2 heterocycles. The predicted molar refractivity (Wildman–Crippen MR) is 79.9 cm³/mol. The van der Waals surface area contributed by atoms with Gasteiger partial charge in [-0.05, 0) is 31.5 Å². The third kappa shape index (κ3) is 3.62. The molecule has 0 aliphatic heterocycles. The molecule has 0 aliphatic rings. The summed E-state index contributed by atoms with van der Waals surface area (Å²) in [5, 5.41) is 11.7. The molecule has 1 atom stereocenters. The van der Waals surface area contributed by atoms with Crippen LogP contribution in [0.4, 0.5) is 0 Å². The van der Waals surface area contributed by atoms with Crippen LogP contribution in [-0.4, -0.2) is 45.6 Å². The molecule has 0 saturated heterocycles. The Hall–Kier alpha value is -2.41. The maximum absolute atomic E-state index is 12.3. The van der Waals surface area contributed by atoms with E-state index in [0.717, 1.165) is 5.56 Å². The van der Waals surface area contributed by atoms with Crippen LogP contribution in [0.15, 0.2) is 24.5 Å². The SMILES string of the molecule is COCC(C)(CC(=O)O)NC(=O)c1cn2ccc(C)cc2n1. The second kappa shape index (κ2) is 6.15. The highest BCUT2D eigenvalue weighted by molar-refractivity contribution is 5.93. The minimum absolute atomic E-state index is 0.0948. The number of rotatable bonds is 6. The minimum Gasteiger partial charge on any atom is -0.481 e. The minimum atomic E-state index is -1.01. The van der Waals surface area contributed by atoms with Gasteiger partial charge >= 0.3 is 5.97 Å². The van der Waals surface area contributed by atoms with E-state index >= 15 is 0 Å². The van der Waals surface area contributed by atoms with E-state index in [-0.39, 0.29) is 18.7 Å². The average molecular weight is 305 g/mol. The van der Waals surface area contributed by atoms with Gasteiger partial charge in [0.05, 0.1) is 18.6 Å². The van der Waals surface area contributed by atoms with E-state index in [4.69, 9.17) is 9.84 Å². The molecule has 2 rings (SSSR count). The molecular formula is C15H19N3O4. The van der Waals surface area contributed by atoms with Gasteiger partial charge in [0.25, 0.3) is 5.91 Å². The molecule has 2 N–H and O–H groups in total. The number of nitrogens with one attached hydrogen (secondary N) is 1. The van der Waals surface area contributed by atoms with Crippen LogP contribution < -0.4 is 5.32 Å². The molecule has 0 saturated carbocycles. The number of imidazole rings is 1. The molecule has 1 amide bonds. The first-order chi connectivity index (χ1) is 10.3. The van der Waals surface area contributed by atoms with E-state index in [1.165, 1.54) is 7.11 Å². The highest BCUT2D eigenvalue weighted by Gasteiger charge is 2.30. The Balaban J connectivity index is 2.22. The Morgan fingerprint density at radius 2 is 2.23 bits per heavy atom. The third-order valence-corrected chi connectivity index (χ3v) is 3.27. The molecule has 0 bridgehead atoms. The molecule has 0 aliphatic carbocycles. The van der Waals surface area contributed by atoms with Crippen molar-refractivity contribution in [1.82, 2.24) is 14.7 Å². The molecule has 7 heteroatoms. The number of aliphatic carboxylic acids is 1. The molecule has 22 heavy (non-hydrogen) atoms. The molecule has 118 valence electrons. The third-order valence-electron chi connectivity index (χ3n) is 3.27. The van der Waals surface area contributed by atoms with Crippen molar-refractivity contribution in [1.29, 1.82) is 0 Å². The van der Waals surface area contributed by atoms with E-state index in [1.54, 1.807) is 17.5 Å². The van der Waals surface area contributed by atoms with Crippen molar-refractivity contribution < 1.29 is 19.4 Å². The van der Waals surface area contributed by atoms with Crippen LogP contribution in [0.25, 0.3) is 5.65 Å². The lowest BCUT2D eigenvalue weighted by Gasteiger charge is -2.28. The van der Waals surface area contributed by atoms with E-state index in [2.05, 4.69) is 10.3 Å². The first kappa shape index (κ1) is 16.0. The van der Waals surface area contributed by atoms with Gasteiger partial charge in [-0.25, -0.2) is 4.98 Å². The van der Waals surface area contributed by atoms with Gasteiger partial charge in [0.15, 0.2) is 0 Å². The van der Waals surface area contributed by atoms with Crippen molar-refractivity contribution in [2.24, 2.45) is 0 Å². The molecule has 0 aromatic carbocycles. The van der Waals surface area contributed by atoms with Gasteiger partial charge in [0.1, 0.15) is 11.3 Å². The van der Waals surface area contributed by atoms with Crippen LogP contribution in [0.5, 0.6) is 0 Å². The Bertz CT molecular complexity index is 710. The zero-order chi connectivity index (χ0) is 16.3. The number of nitrogens with zero attached hydrogens (tertiary/aromatic N) is 2. The summed E-state index contributed by atoms with van der Waals surface area (Å²) in [5.74, 6) is -1.44. The number of ether oxygens (including phenoxy) is 1. The van der Waals surface area contributed by atoms with Crippen LogP contribution in [-0.2, 0) is 9.53 Å². The highest BCUT2D eigenvalue weighted by atomic mass is 16.5. The normalized spacial score (nSPS) is 13.8. The fourth-order valence-electron chi connectivity index (χ4n) is 2.31. The van der Waals surface area contributed by atoms with Crippen LogP contribution in [0.1, 0.15) is 29.4 Å². The van der Waals surface area contributed by atoms with Crippen LogP contribution in [0, 0.1) is 6.92 Å².